The van der Waals surface area contributed by atoms with Crippen LogP contribution in [0.15, 0.2) is 36.5 Å². The SMILES string of the molecule is CCCCCCCCCCCCCCCCCCCCCCC/C=C/CC/C=C/CC/C=C/C(O)C(COP(=O)(O)OCC[N+](C)(C)C)NC(=O)CCCCCCCCCCCCCCCCCCCCCCCCCCCCCCCCCCCCCCC. The molecule has 3 atom stereocenters. The highest BCUT2D eigenvalue weighted by Gasteiger charge is 2.28. The number of unbranched alkanes of at least 4 members (excludes halogenated alkanes) is 59. The molecule has 3 unspecified atom stereocenters. The van der Waals surface area contributed by atoms with Crippen molar-refractivity contribution in [2.45, 2.75) is 437 Å². The van der Waals surface area contributed by atoms with E-state index in [2.05, 4.69) is 43.5 Å². The van der Waals surface area contributed by atoms with E-state index in [-0.39, 0.29) is 19.1 Å². The molecule has 0 saturated carbocycles. The van der Waals surface area contributed by atoms with Gasteiger partial charge in [0, 0.05) is 6.42 Å². The van der Waals surface area contributed by atoms with Crippen LogP contribution in [0.2, 0.25) is 0 Å². The summed E-state index contributed by atoms with van der Waals surface area (Å²) in [7, 11) is 1.57. The predicted molar refractivity (Wildman–Crippen MR) is 397 cm³/mol. The summed E-state index contributed by atoms with van der Waals surface area (Å²) in [6, 6.07) is -0.870. The van der Waals surface area contributed by atoms with E-state index in [1.54, 1.807) is 6.08 Å². The molecule has 8 nitrogen and oxygen atoms in total. The van der Waals surface area contributed by atoms with E-state index >= 15 is 0 Å². The Morgan fingerprint density at radius 1 is 0.367 bits per heavy atom. The Kier molecular flexibility index (Phi) is 71.0. The predicted octanol–water partition coefficient (Wildman–Crippen LogP) is 26.3. The van der Waals surface area contributed by atoms with E-state index < -0.39 is 20.0 Å². The lowest BCUT2D eigenvalue weighted by Gasteiger charge is -2.25. The summed E-state index contributed by atoms with van der Waals surface area (Å²) in [6.45, 7) is 4.86. The second kappa shape index (κ2) is 72.0. The van der Waals surface area contributed by atoms with Crippen molar-refractivity contribution in [3.05, 3.63) is 36.5 Å². The molecule has 0 saturated heterocycles. The third kappa shape index (κ3) is 74.1. The number of aliphatic hydroxyl groups is 1. The Labute approximate surface area is 563 Å². The minimum Gasteiger partial charge on any atom is -0.387 e. The molecule has 0 aliphatic heterocycles. The van der Waals surface area contributed by atoms with Crippen LogP contribution >= 0.6 is 7.82 Å². The van der Waals surface area contributed by atoms with E-state index in [0.29, 0.717) is 17.4 Å². The number of nitrogens with zero attached hydrogens (tertiary/aromatic N) is 1. The average Bonchev–Trinajstić information content (AvgIpc) is 3.39. The van der Waals surface area contributed by atoms with E-state index in [9.17, 15) is 19.4 Å². The maximum absolute atomic E-state index is 13.1. The Morgan fingerprint density at radius 3 is 0.889 bits per heavy atom. The van der Waals surface area contributed by atoms with Gasteiger partial charge in [-0.05, 0) is 44.9 Å². The topological polar surface area (TPSA) is 105 Å². The van der Waals surface area contributed by atoms with Gasteiger partial charge in [0.25, 0.3) is 0 Å². The number of likely N-dealkylation sites (N-methyl/N-ethyl adjacent to an activating group) is 1. The van der Waals surface area contributed by atoms with Crippen LogP contribution in [-0.4, -0.2) is 73.4 Å². The first-order chi connectivity index (χ1) is 44.0. The molecule has 0 spiro atoms. The third-order valence-corrected chi connectivity index (χ3v) is 19.8. The number of rotatable bonds is 76. The van der Waals surface area contributed by atoms with Crippen molar-refractivity contribution in [3.8, 4) is 0 Å². The maximum atomic E-state index is 13.1. The monoisotopic (exact) mass is 1290 g/mol. The number of phosphoric ester groups is 1. The van der Waals surface area contributed by atoms with Crippen LogP contribution in [0.1, 0.15) is 425 Å². The molecule has 0 aromatic heterocycles. The van der Waals surface area contributed by atoms with Crippen LogP contribution in [0.3, 0.4) is 0 Å². The molecule has 3 N–H and O–H groups in total. The summed E-state index contributed by atoms with van der Waals surface area (Å²) >= 11 is 0. The number of amides is 1. The van der Waals surface area contributed by atoms with Crippen molar-refractivity contribution in [1.29, 1.82) is 0 Å². The molecule has 534 valence electrons. The van der Waals surface area contributed by atoms with Gasteiger partial charge in [-0.2, -0.15) is 0 Å². The van der Waals surface area contributed by atoms with Crippen molar-refractivity contribution >= 4 is 13.7 Å². The van der Waals surface area contributed by atoms with Crippen molar-refractivity contribution in [1.82, 2.24) is 5.32 Å². The standard InChI is InChI=1S/C81H159N2O6P/c1-6-8-10-12-14-16-18-20-22-24-26-28-30-32-34-36-38-39-40-41-42-43-45-47-49-51-53-55-57-59-61-63-65-67-69-71-73-75-81(85)82-79(78-89-90(86,87)88-77-76-83(3,4)5)80(84)74-72-70-68-66-64-62-60-58-56-54-52-50-48-46-44-37-35-33-31-29-27-25-23-21-19-17-15-13-11-9-7-2/h56,58,64,66,72,74,79-80,84H,6-55,57,59-63,65,67-71,73,75-78H2,1-5H3,(H-,82,85,86,87)/p+1/b58-56+,66-64+,74-72+. The minimum absolute atomic E-state index is 0.0556. The fourth-order valence-electron chi connectivity index (χ4n) is 12.6. The highest BCUT2D eigenvalue weighted by Crippen LogP contribution is 2.43. The molecular weight excluding hydrogens is 1130 g/mol. The molecule has 90 heavy (non-hydrogen) atoms. The largest absolute Gasteiger partial charge is 0.472 e. The fourth-order valence-corrected chi connectivity index (χ4v) is 13.3. The molecule has 0 aromatic carbocycles. The number of carbonyl (C=O) groups excluding carboxylic acids is 1. The minimum atomic E-state index is -4.37. The van der Waals surface area contributed by atoms with Gasteiger partial charge in [-0.3, -0.25) is 13.8 Å². The first-order valence-corrected chi connectivity index (χ1v) is 41.9. The van der Waals surface area contributed by atoms with Crippen molar-refractivity contribution < 1.29 is 32.9 Å². The van der Waals surface area contributed by atoms with Gasteiger partial charge in [-0.15, -0.1) is 0 Å². The van der Waals surface area contributed by atoms with Crippen LogP contribution < -0.4 is 5.32 Å². The average molecular weight is 1290 g/mol. The summed E-state index contributed by atoms with van der Waals surface area (Å²) in [5.41, 5.74) is 0. The van der Waals surface area contributed by atoms with E-state index in [4.69, 9.17) is 9.05 Å². The Balaban J connectivity index is 3.98. The quantitative estimate of drug-likeness (QED) is 0.0243. The Bertz CT molecular complexity index is 1560. The molecule has 9 heteroatoms. The summed E-state index contributed by atoms with van der Waals surface area (Å²) in [4.78, 5) is 23.5. The number of allylic oxidation sites excluding steroid dienone is 5. The molecule has 0 heterocycles. The molecular formula is C81H160N2O6P+. The number of carbonyl (C=O) groups is 1. The molecule has 0 aliphatic rings. The summed E-state index contributed by atoms with van der Waals surface area (Å²) in [5.74, 6) is -0.182. The molecule has 0 rings (SSSR count). The zero-order valence-electron chi connectivity index (χ0n) is 61.4. The van der Waals surface area contributed by atoms with E-state index in [0.717, 1.165) is 44.9 Å². The zero-order chi connectivity index (χ0) is 65.5. The molecule has 0 fully saturated rings. The summed E-state index contributed by atoms with van der Waals surface area (Å²) in [5, 5.41) is 14.0. The van der Waals surface area contributed by atoms with Crippen LogP contribution in [0.5, 0.6) is 0 Å². The number of aliphatic hydroxyl groups excluding tert-OH is 1. The number of nitrogens with one attached hydrogen (secondary N) is 1. The highest BCUT2D eigenvalue weighted by atomic mass is 31.2. The van der Waals surface area contributed by atoms with Crippen molar-refractivity contribution in [3.63, 3.8) is 0 Å². The van der Waals surface area contributed by atoms with Crippen molar-refractivity contribution in [2.75, 3.05) is 40.9 Å². The summed E-state index contributed by atoms with van der Waals surface area (Å²) < 4.78 is 23.9. The first kappa shape index (κ1) is 88.7. The normalized spacial score (nSPS) is 13.6. The van der Waals surface area contributed by atoms with Gasteiger partial charge in [0.2, 0.25) is 5.91 Å². The highest BCUT2D eigenvalue weighted by molar-refractivity contribution is 7.47. The number of quaternary nitrogens is 1. The van der Waals surface area contributed by atoms with Gasteiger partial charge in [0.1, 0.15) is 13.2 Å². The van der Waals surface area contributed by atoms with Gasteiger partial charge in [-0.1, -0.05) is 410 Å². The zero-order valence-corrected chi connectivity index (χ0v) is 62.3. The van der Waals surface area contributed by atoms with Crippen molar-refractivity contribution in [2.24, 2.45) is 0 Å². The van der Waals surface area contributed by atoms with Crippen LogP contribution in [-0.2, 0) is 18.4 Å². The Hall–Kier alpha value is -1.28. The second-order valence-corrected chi connectivity index (χ2v) is 30.6. The van der Waals surface area contributed by atoms with E-state index in [1.807, 2.05) is 27.2 Å². The molecule has 0 aromatic rings. The van der Waals surface area contributed by atoms with Crippen LogP contribution in [0, 0.1) is 0 Å². The lowest BCUT2D eigenvalue weighted by atomic mass is 10.0. The lowest BCUT2D eigenvalue weighted by molar-refractivity contribution is -0.870. The number of hydrogen-bond donors (Lipinski definition) is 3. The third-order valence-electron chi connectivity index (χ3n) is 18.8. The van der Waals surface area contributed by atoms with E-state index in [1.165, 1.54) is 360 Å². The fraction of sp³-hybridized carbons (Fsp3) is 0.914. The Morgan fingerprint density at radius 2 is 0.611 bits per heavy atom. The first-order valence-electron chi connectivity index (χ1n) is 40.4. The van der Waals surface area contributed by atoms with Gasteiger partial charge in [0.05, 0.1) is 39.9 Å². The second-order valence-electron chi connectivity index (χ2n) is 29.1. The molecule has 0 aliphatic carbocycles. The smallest absolute Gasteiger partial charge is 0.387 e. The maximum Gasteiger partial charge on any atom is 0.472 e. The molecule has 0 bridgehead atoms. The van der Waals surface area contributed by atoms with Gasteiger partial charge >= 0.3 is 7.82 Å². The lowest BCUT2D eigenvalue weighted by Crippen LogP contribution is -2.45. The van der Waals surface area contributed by atoms with Crippen LogP contribution in [0.4, 0.5) is 0 Å². The van der Waals surface area contributed by atoms with Gasteiger partial charge in [-0.25, -0.2) is 4.57 Å². The molecule has 0 radical (unpaired) electrons. The van der Waals surface area contributed by atoms with Gasteiger partial charge < -0.3 is 19.8 Å². The van der Waals surface area contributed by atoms with Gasteiger partial charge in [0.15, 0.2) is 0 Å². The van der Waals surface area contributed by atoms with Crippen LogP contribution in [0.25, 0.3) is 0 Å². The number of hydrogen-bond acceptors (Lipinski definition) is 5. The summed E-state index contributed by atoms with van der Waals surface area (Å²) in [6.07, 6.45) is 97.9. The number of phosphoric acid groups is 1. The molecule has 1 amide bonds.